The summed E-state index contributed by atoms with van der Waals surface area (Å²) >= 11 is 0. The summed E-state index contributed by atoms with van der Waals surface area (Å²) < 4.78 is 16.3. The molecule has 0 aliphatic rings. The summed E-state index contributed by atoms with van der Waals surface area (Å²) in [5.41, 5.74) is 0.921. The summed E-state index contributed by atoms with van der Waals surface area (Å²) in [6, 6.07) is 7.79. The smallest absolute Gasteiger partial charge is 0.208 e. The molecule has 0 atom stereocenters. The molecule has 5 heteroatoms. The minimum absolute atomic E-state index is 0.583. The van der Waals surface area contributed by atoms with Gasteiger partial charge >= 0.3 is 0 Å². The van der Waals surface area contributed by atoms with Gasteiger partial charge in [0.15, 0.2) is 5.76 Å². The molecule has 108 valence electrons. The van der Waals surface area contributed by atoms with Crippen LogP contribution in [0.3, 0.4) is 0 Å². The van der Waals surface area contributed by atoms with Crippen LogP contribution in [0.5, 0.6) is 5.75 Å². The standard InChI is InChI=1S/C15H20N2O3/c1-3-19-13-7-5-4-6-12(13)14-10-17-15(20-14)11-16-8-9-18-2/h4-7,10,16H,3,8-9,11H2,1-2H3. The zero-order valence-electron chi connectivity index (χ0n) is 11.9. The lowest BCUT2D eigenvalue weighted by molar-refractivity contribution is 0.198. The van der Waals surface area contributed by atoms with Crippen molar-refractivity contribution in [3.63, 3.8) is 0 Å². The molecule has 0 unspecified atom stereocenters. The molecule has 0 bridgehead atoms. The van der Waals surface area contributed by atoms with Crippen LogP contribution < -0.4 is 10.1 Å². The highest BCUT2D eigenvalue weighted by atomic mass is 16.5. The van der Waals surface area contributed by atoms with Gasteiger partial charge in [-0.05, 0) is 19.1 Å². The number of nitrogens with zero attached hydrogens (tertiary/aromatic N) is 1. The van der Waals surface area contributed by atoms with E-state index >= 15 is 0 Å². The minimum Gasteiger partial charge on any atom is -0.493 e. The molecular formula is C15H20N2O3. The van der Waals surface area contributed by atoms with Crippen LogP contribution in [0, 0.1) is 0 Å². The van der Waals surface area contributed by atoms with Crippen molar-refractivity contribution in [2.75, 3.05) is 26.9 Å². The van der Waals surface area contributed by atoms with Crippen molar-refractivity contribution in [3.8, 4) is 17.1 Å². The Labute approximate surface area is 118 Å². The predicted octanol–water partition coefficient (Wildman–Crippen LogP) is 2.48. The number of hydrogen-bond donors (Lipinski definition) is 1. The summed E-state index contributed by atoms with van der Waals surface area (Å²) in [5, 5.41) is 3.19. The summed E-state index contributed by atoms with van der Waals surface area (Å²) in [6.45, 7) is 4.60. The molecule has 0 radical (unpaired) electrons. The van der Waals surface area contributed by atoms with Gasteiger partial charge in [0.05, 0.1) is 31.5 Å². The van der Waals surface area contributed by atoms with E-state index in [2.05, 4.69) is 10.3 Å². The van der Waals surface area contributed by atoms with E-state index in [0.717, 1.165) is 23.6 Å². The third kappa shape index (κ3) is 3.82. The van der Waals surface area contributed by atoms with Gasteiger partial charge in [-0.25, -0.2) is 4.98 Å². The molecule has 1 aromatic heterocycles. The number of benzene rings is 1. The predicted molar refractivity (Wildman–Crippen MR) is 76.7 cm³/mol. The van der Waals surface area contributed by atoms with Crippen molar-refractivity contribution < 1.29 is 13.9 Å². The van der Waals surface area contributed by atoms with Gasteiger partial charge in [0.1, 0.15) is 5.75 Å². The van der Waals surface area contributed by atoms with Crippen LogP contribution in [-0.2, 0) is 11.3 Å². The molecule has 0 amide bonds. The number of hydrogen-bond acceptors (Lipinski definition) is 5. The highest BCUT2D eigenvalue weighted by Crippen LogP contribution is 2.30. The normalized spacial score (nSPS) is 10.7. The number of oxazole rings is 1. The summed E-state index contributed by atoms with van der Waals surface area (Å²) in [6.07, 6.45) is 1.73. The van der Waals surface area contributed by atoms with Crippen LogP contribution in [0.2, 0.25) is 0 Å². The SMILES string of the molecule is CCOc1ccccc1-c1cnc(CNCCOC)o1. The third-order valence-corrected chi connectivity index (χ3v) is 2.77. The Kier molecular flexibility index (Phi) is 5.58. The Morgan fingerprint density at radius 2 is 2.15 bits per heavy atom. The van der Waals surface area contributed by atoms with Crippen LogP contribution >= 0.6 is 0 Å². The summed E-state index contributed by atoms with van der Waals surface area (Å²) in [5.74, 6) is 2.19. The minimum atomic E-state index is 0.583. The lowest BCUT2D eigenvalue weighted by Crippen LogP contribution is -2.18. The van der Waals surface area contributed by atoms with E-state index in [1.807, 2.05) is 31.2 Å². The number of aromatic nitrogens is 1. The Hall–Kier alpha value is -1.85. The van der Waals surface area contributed by atoms with Gasteiger partial charge in [0.25, 0.3) is 0 Å². The van der Waals surface area contributed by atoms with E-state index in [-0.39, 0.29) is 0 Å². The van der Waals surface area contributed by atoms with Gasteiger partial charge in [0.2, 0.25) is 5.89 Å². The van der Waals surface area contributed by atoms with Crippen LogP contribution in [0.4, 0.5) is 0 Å². The first-order valence-electron chi connectivity index (χ1n) is 6.71. The van der Waals surface area contributed by atoms with Gasteiger partial charge in [-0.15, -0.1) is 0 Å². The molecule has 2 aromatic rings. The van der Waals surface area contributed by atoms with Gasteiger partial charge < -0.3 is 19.2 Å². The summed E-state index contributed by atoms with van der Waals surface area (Å²) in [7, 11) is 1.68. The van der Waals surface area contributed by atoms with Crippen LogP contribution in [0.1, 0.15) is 12.8 Å². The average molecular weight is 276 g/mol. The number of nitrogens with one attached hydrogen (secondary N) is 1. The van der Waals surface area contributed by atoms with Crippen molar-refractivity contribution in [3.05, 3.63) is 36.4 Å². The molecule has 20 heavy (non-hydrogen) atoms. The second-order valence-electron chi connectivity index (χ2n) is 4.22. The number of methoxy groups -OCH3 is 1. The molecular weight excluding hydrogens is 256 g/mol. The van der Waals surface area contributed by atoms with Crippen molar-refractivity contribution in [2.45, 2.75) is 13.5 Å². The topological polar surface area (TPSA) is 56.5 Å². The molecule has 0 spiro atoms. The maximum atomic E-state index is 5.74. The first-order valence-corrected chi connectivity index (χ1v) is 6.71. The molecule has 0 fully saturated rings. The van der Waals surface area contributed by atoms with E-state index in [1.54, 1.807) is 13.3 Å². The fourth-order valence-corrected chi connectivity index (χ4v) is 1.84. The highest BCUT2D eigenvalue weighted by Gasteiger charge is 2.10. The van der Waals surface area contributed by atoms with E-state index in [0.29, 0.717) is 25.6 Å². The maximum Gasteiger partial charge on any atom is 0.208 e. The van der Waals surface area contributed by atoms with E-state index in [4.69, 9.17) is 13.9 Å². The van der Waals surface area contributed by atoms with E-state index in [9.17, 15) is 0 Å². The molecule has 0 saturated heterocycles. The van der Waals surface area contributed by atoms with Crippen LogP contribution in [0.15, 0.2) is 34.9 Å². The quantitative estimate of drug-likeness (QED) is 0.751. The fourth-order valence-electron chi connectivity index (χ4n) is 1.84. The highest BCUT2D eigenvalue weighted by molar-refractivity contribution is 5.64. The largest absolute Gasteiger partial charge is 0.493 e. The van der Waals surface area contributed by atoms with Crippen molar-refractivity contribution in [1.82, 2.24) is 10.3 Å². The molecule has 0 aliphatic carbocycles. The van der Waals surface area contributed by atoms with Crippen molar-refractivity contribution >= 4 is 0 Å². The van der Waals surface area contributed by atoms with Gasteiger partial charge in [-0.3, -0.25) is 0 Å². The van der Waals surface area contributed by atoms with Crippen LogP contribution in [-0.4, -0.2) is 31.9 Å². The van der Waals surface area contributed by atoms with Gasteiger partial charge in [0, 0.05) is 13.7 Å². The molecule has 0 saturated carbocycles. The maximum absolute atomic E-state index is 5.74. The molecule has 5 nitrogen and oxygen atoms in total. The van der Waals surface area contributed by atoms with E-state index < -0.39 is 0 Å². The molecule has 1 N–H and O–H groups in total. The zero-order chi connectivity index (χ0) is 14.2. The first-order chi connectivity index (χ1) is 9.85. The zero-order valence-corrected chi connectivity index (χ0v) is 11.9. The third-order valence-electron chi connectivity index (χ3n) is 2.77. The van der Waals surface area contributed by atoms with Gasteiger partial charge in [-0.1, -0.05) is 12.1 Å². The van der Waals surface area contributed by atoms with Crippen molar-refractivity contribution in [1.29, 1.82) is 0 Å². The van der Waals surface area contributed by atoms with Gasteiger partial charge in [-0.2, -0.15) is 0 Å². The van der Waals surface area contributed by atoms with E-state index in [1.165, 1.54) is 0 Å². The molecule has 2 rings (SSSR count). The number of para-hydroxylation sites is 1. The molecule has 1 heterocycles. The second-order valence-corrected chi connectivity index (χ2v) is 4.22. The Balaban J connectivity index is 2.04. The second kappa shape index (κ2) is 7.67. The molecule has 0 aliphatic heterocycles. The van der Waals surface area contributed by atoms with Crippen LogP contribution in [0.25, 0.3) is 11.3 Å². The lowest BCUT2D eigenvalue weighted by atomic mass is 10.1. The fraction of sp³-hybridized carbons (Fsp3) is 0.400. The Morgan fingerprint density at radius 1 is 1.30 bits per heavy atom. The number of ether oxygens (including phenoxy) is 2. The lowest BCUT2D eigenvalue weighted by Gasteiger charge is -2.07. The summed E-state index contributed by atoms with van der Waals surface area (Å²) in [4.78, 5) is 4.27. The molecule has 1 aromatic carbocycles. The average Bonchev–Trinajstić information content (AvgIpc) is 2.93. The Bertz CT molecular complexity index is 525. The van der Waals surface area contributed by atoms with Crippen molar-refractivity contribution in [2.24, 2.45) is 0 Å². The monoisotopic (exact) mass is 276 g/mol. The Morgan fingerprint density at radius 3 is 2.95 bits per heavy atom. The first kappa shape index (κ1) is 14.6. The number of rotatable bonds is 8.